The molecule has 172 valence electrons. The maximum Gasteiger partial charge on any atom is 0.136 e. The number of benzene rings is 2. The molecule has 2 aromatic rings. The van der Waals surface area contributed by atoms with E-state index in [4.69, 9.17) is 0 Å². The Morgan fingerprint density at radius 2 is 0.742 bits per heavy atom. The van der Waals surface area contributed by atoms with Crippen LogP contribution in [-0.2, 0) is 0 Å². The first kappa shape index (κ1) is 25.7. The Bertz CT molecular complexity index is 582. The second-order valence-corrected chi connectivity index (χ2v) is 9.26. The molecule has 1 N–H and O–H groups in total. The lowest BCUT2D eigenvalue weighted by Crippen LogP contribution is -3.02. The lowest BCUT2D eigenvalue weighted by molar-refractivity contribution is -0.760. The minimum absolute atomic E-state index is 1.19. The highest BCUT2D eigenvalue weighted by Crippen LogP contribution is 2.14. The number of nitrogens with one attached hydrogen (secondary N) is 1. The molecule has 2 rings (SSSR count). The highest BCUT2D eigenvalue weighted by molar-refractivity contribution is 5.37. The van der Waals surface area contributed by atoms with Crippen molar-refractivity contribution in [3.63, 3.8) is 0 Å². The van der Waals surface area contributed by atoms with E-state index in [0.29, 0.717) is 0 Å². The standard InChI is InChI=1S/C30H47N/c1-2-3-4-5-6-7-8-9-10-11-12-13-14-15-16-23-28-31(29-24-19-17-20-25-29)30-26-21-18-22-27-30/h17-22,24-27H,2-16,23,28H2,1H3/p+1. The van der Waals surface area contributed by atoms with E-state index in [9.17, 15) is 0 Å². The Balaban J connectivity index is 1.46. The average molecular weight is 423 g/mol. The zero-order valence-corrected chi connectivity index (χ0v) is 20.3. The SMILES string of the molecule is CCCCCCCCCCCCCCCCCC[NH+](c1ccccc1)c1ccccc1. The second-order valence-electron chi connectivity index (χ2n) is 9.26. The van der Waals surface area contributed by atoms with Crippen LogP contribution in [0.3, 0.4) is 0 Å². The van der Waals surface area contributed by atoms with Crippen molar-refractivity contribution in [2.24, 2.45) is 0 Å². The normalized spacial score (nSPS) is 11.3. The molecule has 0 aliphatic rings. The summed E-state index contributed by atoms with van der Waals surface area (Å²) in [6.07, 6.45) is 22.8. The summed E-state index contributed by atoms with van der Waals surface area (Å²) in [5.74, 6) is 0. The van der Waals surface area contributed by atoms with Crippen LogP contribution in [-0.4, -0.2) is 6.54 Å². The molecule has 31 heavy (non-hydrogen) atoms. The lowest BCUT2D eigenvalue weighted by atomic mass is 10.0. The molecular formula is C30H48N+. The topological polar surface area (TPSA) is 4.44 Å². The van der Waals surface area contributed by atoms with Crippen molar-refractivity contribution in [1.82, 2.24) is 0 Å². The largest absolute Gasteiger partial charge is 0.270 e. The van der Waals surface area contributed by atoms with Crippen molar-refractivity contribution in [1.29, 1.82) is 0 Å². The fraction of sp³-hybridized carbons (Fsp3) is 0.600. The molecular weight excluding hydrogens is 374 g/mol. The first-order chi connectivity index (χ1) is 15.4. The fourth-order valence-corrected chi connectivity index (χ4v) is 4.58. The molecule has 0 bridgehead atoms. The van der Waals surface area contributed by atoms with Crippen molar-refractivity contribution in [2.45, 2.75) is 110 Å². The van der Waals surface area contributed by atoms with Gasteiger partial charge in [0.25, 0.3) is 0 Å². The zero-order valence-electron chi connectivity index (χ0n) is 20.3. The van der Waals surface area contributed by atoms with Crippen molar-refractivity contribution in [3.05, 3.63) is 60.7 Å². The average Bonchev–Trinajstić information content (AvgIpc) is 2.82. The van der Waals surface area contributed by atoms with Gasteiger partial charge in [0.2, 0.25) is 0 Å². The van der Waals surface area contributed by atoms with Gasteiger partial charge < -0.3 is 0 Å². The molecule has 1 nitrogen and oxygen atoms in total. The quantitative estimate of drug-likeness (QED) is 0.216. The maximum absolute atomic E-state index is 2.30. The van der Waals surface area contributed by atoms with Gasteiger partial charge in [-0.1, -0.05) is 133 Å². The van der Waals surface area contributed by atoms with E-state index in [-0.39, 0.29) is 0 Å². The van der Waals surface area contributed by atoms with Crippen LogP contribution in [0.25, 0.3) is 0 Å². The van der Waals surface area contributed by atoms with E-state index in [0.717, 1.165) is 0 Å². The first-order valence-corrected chi connectivity index (χ1v) is 13.4. The zero-order chi connectivity index (χ0) is 21.8. The molecule has 0 spiro atoms. The molecule has 0 aliphatic carbocycles. The van der Waals surface area contributed by atoms with Gasteiger partial charge in [-0.15, -0.1) is 0 Å². The summed E-state index contributed by atoms with van der Waals surface area (Å²) < 4.78 is 0. The van der Waals surface area contributed by atoms with Gasteiger partial charge in [0, 0.05) is 0 Å². The molecule has 1 heteroatoms. The molecule has 0 atom stereocenters. The van der Waals surface area contributed by atoms with Crippen LogP contribution in [0, 0.1) is 0 Å². The van der Waals surface area contributed by atoms with Gasteiger partial charge in [0.1, 0.15) is 11.4 Å². The molecule has 0 aromatic heterocycles. The predicted octanol–water partition coefficient (Wildman–Crippen LogP) is 8.80. The maximum atomic E-state index is 2.30. The van der Waals surface area contributed by atoms with Crippen LogP contribution in [0.1, 0.15) is 110 Å². The summed E-state index contributed by atoms with van der Waals surface area (Å²) in [6.45, 7) is 3.49. The monoisotopic (exact) mass is 422 g/mol. The van der Waals surface area contributed by atoms with E-state index in [1.807, 2.05) is 0 Å². The predicted molar refractivity (Wildman–Crippen MR) is 138 cm³/mol. The van der Waals surface area contributed by atoms with Crippen molar-refractivity contribution in [3.8, 4) is 0 Å². The fourth-order valence-electron chi connectivity index (χ4n) is 4.58. The Morgan fingerprint density at radius 1 is 0.419 bits per heavy atom. The third-order valence-electron chi connectivity index (χ3n) is 6.52. The summed E-state index contributed by atoms with van der Waals surface area (Å²) in [5, 5.41) is 0. The van der Waals surface area contributed by atoms with Crippen LogP contribution < -0.4 is 4.90 Å². The van der Waals surface area contributed by atoms with Crippen LogP contribution in [0.4, 0.5) is 11.4 Å². The molecule has 0 saturated carbocycles. The van der Waals surface area contributed by atoms with Gasteiger partial charge in [0.05, 0.1) is 6.54 Å². The Kier molecular flexibility index (Phi) is 14.9. The van der Waals surface area contributed by atoms with E-state index < -0.39 is 0 Å². The Morgan fingerprint density at radius 3 is 1.10 bits per heavy atom. The molecule has 0 radical (unpaired) electrons. The third kappa shape index (κ3) is 12.1. The number of quaternary nitrogens is 1. The van der Waals surface area contributed by atoms with E-state index >= 15 is 0 Å². The summed E-state index contributed by atoms with van der Waals surface area (Å²) in [7, 11) is 0. The second kappa shape index (κ2) is 18.0. The van der Waals surface area contributed by atoms with Crippen molar-refractivity contribution < 1.29 is 4.90 Å². The van der Waals surface area contributed by atoms with Gasteiger partial charge in [0.15, 0.2) is 0 Å². The first-order valence-electron chi connectivity index (χ1n) is 13.4. The van der Waals surface area contributed by atoms with Crippen molar-refractivity contribution in [2.75, 3.05) is 6.54 Å². The van der Waals surface area contributed by atoms with Gasteiger partial charge in [-0.25, -0.2) is 0 Å². The lowest BCUT2D eigenvalue weighted by Gasteiger charge is -2.18. The minimum Gasteiger partial charge on any atom is -0.270 e. The van der Waals surface area contributed by atoms with Gasteiger partial charge in [-0.2, -0.15) is 0 Å². The molecule has 0 aliphatic heterocycles. The Hall–Kier alpha value is -1.60. The van der Waals surface area contributed by atoms with Crippen LogP contribution in [0.2, 0.25) is 0 Å². The van der Waals surface area contributed by atoms with Crippen LogP contribution in [0.15, 0.2) is 60.7 Å². The molecule has 0 unspecified atom stereocenters. The van der Waals surface area contributed by atoms with Gasteiger partial charge in [-0.3, -0.25) is 4.90 Å². The smallest absolute Gasteiger partial charge is 0.136 e. The number of hydrogen-bond acceptors (Lipinski definition) is 0. The molecule has 0 fully saturated rings. The molecule has 0 heterocycles. The number of hydrogen-bond donors (Lipinski definition) is 1. The third-order valence-corrected chi connectivity index (χ3v) is 6.52. The van der Waals surface area contributed by atoms with E-state index in [1.165, 1.54) is 126 Å². The summed E-state index contributed by atoms with van der Waals surface area (Å²) in [4.78, 5) is 1.51. The summed E-state index contributed by atoms with van der Waals surface area (Å²) in [5.41, 5.74) is 2.77. The Labute approximate surface area is 193 Å². The number of rotatable bonds is 19. The number of unbranched alkanes of at least 4 members (excludes halogenated alkanes) is 15. The highest BCUT2D eigenvalue weighted by atomic mass is 15.1. The van der Waals surface area contributed by atoms with Gasteiger partial charge >= 0.3 is 0 Å². The summed E-state index contributed by atoms with van der Waals surface area (Å²) in [6, 6.07) is 21.9. The molecule has 0 amide bonds. The summed E-state index contributed by atoms with van der Waals surface area (Å²) >= 11 is 0. The minimum atomic E-state index is 1.19. The van der Waals surface area contributed by atoms with E-state index in [2.05, 4.69) is 67.6 Å². The van der Waals surface area contributed by atoms with Crippen LogP contribution >= 0.6 is 0 Å². The van der Waals surface area contributed by atoms with E-state index in [1.54, 1.807) is 0 Å². The molecule has 2 aromatic carbocycles. The molecule has 0 saturated heterocycles. The van der Waals surface area contributed by atoms with Crippen molar-refractivity contribution >= 4 is 11.4 Å². The number of para-hydroxylation sites is 2. The van der Waals surface area contributed by atoms with Crippen LogP contribution in [0.5, 0.6) is 0 Å². The van der Waals surface area contributed by atoms with Gasteiger partial charge in [-0.05, 0) is 37.1 Å². The highest BCUT2D eigenvalue weighted by Gasteiger charge is 2.14.